The molecule has 0 saturated carbocycles. The van der Waals surface area contributed by atoms with E-state index in [1.807, 2.05) is 19.1 Å². The average Bonchev–Trinajstić information content (AvgIpc) is 2.68. The molecule has 6 nitrogen and oxygen atoms in total. The van der Waals surface area contributed by atoms with Gasteiger partial charge in [-0.25, -0.2) is 4.79 Å². The van der Waals surface area contributed by atoms with Crippen molar-refractivity contribution < 1.29 is 24.1 Å². The van der Waals surface area contributed by atoms with E-state index in [1.165, 1.54) is 13.3 Å². The number of aliphatic hydroxyl groups excluding tert-OH is 1. The Labute approximate surface area is 158 Å². The Morgan fingerprint density at radius 2 is 1.74 bits per heavy atom. The molecule has 27 heavy (non-hydrogen) atoms. The van der Waals surface area contributed by atoms with Gasteiger partial charge in [-0.1, -0.05) is 29.8 Å². The van der Waals surface area contributed by atoms with E-state index in [4.69, 9.17) is 14.2 Å². The second-order valence-corrected chi connectivity index (χ2v) is 5.65. The molecule has 6 heteroatoms. The van der Waals surface area contributed by atoms with Gasteiger partial charge in [0, 0.05) is 17.8 Å². The lowest BCUT2D eigenvalue weighted by molar-refractivity contribution is -0.137. The monoisotopic (exact) mass is 369 g/mol. The first kappa shape index (κ1) is 20.0. The number of methoxy groups -OCH3 is 2. The van der Waals surface area contributed by atoms with Crippen LogP contribution in [0.15, 0.2) is 53.0 Å². The van der Waals surface area contributed by atoms with E-state index in [2.05, 4.69) is 4.99 Å². The van der Waals surface area contributed by atoms with Gasteiger partial charge in [-0.15, -0.1) is 0 Å². The van der Waals surface area contributed by atoms with Gasteiger partial charge in [0.1, 0.15) is 11.3 Å². The van der Waals surface area contributed by atoms with Gasteiger partial charge in [0.25, 0.3) is 0 Å². The number of esters is 1. The van der Waals surface area contributed by atoms with Crippen LogP contribution in [0.25, 0.3) is 5.76 Å². The van der Waals surface area contributed by atoms with Gasteiger partial charge in [-0.2, -0.15) is 0 Å². The van der Waals surface area contributed by atoms with Crippen molar-refractivity contribution in [3.63, 3.8) is 0 Å². The van der Waals surface area contributed by atoms with Gasteiger partial charge in [0.2, 0.25) is 0 Å². The molecule has 2 aromatic carbocycles. The van der Waals surface area contributed by atoms with E-state index in [0.717, 1.165) is 5.56 Å². The van der Waals surface area contributed by atoms with Crippen LogP contribution in [0.3, 0.4) is 0 Å². The van der Waals surface area contributed by atoms with Crippen LogP contribution >= 0.6 is 0 Å². The smallest absolute Gasteiger partial charge is 0.343 e. The molecule has 0 saturated heterocycles. The number of aryl methyl sites for hydroxylation is 1. The van der Waals surface area contributed by atoms with Crippen LogP contribution in [-0.2, 0) is 9.53 Å². The molecule has 0 amide bonds. The molecule has 0 spiro atoms. The molecule has 142 valence electrons. The molecule has 0 radical (unpaired) electrons. The van der Waals surface area contributed by atoms with Crippen molar-refractivity contribution in [3.8, 4) is 11.5 Å². The Bertz CT molecular complexity index is 853. The second-order valence-electron chi connectivity index (χ2n) is 5.65. The van der Waals surface area contributed by atoms with Crippen LogP contribution in [0, 0.1) is 6.92 Å². The maximum absolute atomic E-state index is 12.3. The summed E-state index contributed by atoms with van der Waals surface area (Å²) in [7, 11) is 3.07. The van der Waals surface area contributed by atoms with E-state index in [1.54, 1.807) is 44.4 Å². The van der Waals surface area contributed by atoms with Crippen molar-refractivity contribution in [1.29, 1.82) is 0 Å². The lowest BCUT2D eigenvalue weighted by atomic mass is 10.1. The second kappa shape index (κ2) is 9.43. The molecule has 0 fully saturated rings. The summed E-state index contributed by atoms with van der Waals surface area (Å²) in [5, 5.41) is 10.6. The molecule has 0 bridgehead atoms. The van der Waals surface area contributed by atoms with Gasteiger partial charge in [0.15, 0.2) is 11.5 Å². The fourth-order valence-electron chi connectivity index (χ4n) is 2.33. The van der Waals surface area contributed by atoms with Crippen LogP contribution in [0.2, 0.25) is 0 Å². The molecular weight excluding hydrogens is 346 g/mol. The van der Waals surface area contributed by atoms with Crippen LogP contribution in [0.1, 0.15) is 18.1 Å². The summed E-state index contributed by atoms with van der Waals surface area (Å²) in [6, 6.07) is 12.2. The van der Waals surface area contributed by atoms with Crippen LogP contribution in [0.5, 0.6) is 11.5 Å². The zero-order chi connectivity index (χ0) is 19.8. The number of aliphatic hydroxyl groups is 1. The van der Waals surface area contributed by atoms with Gasteiger partial charge >= 0.3 is 5.97 Å². The third-order valence-electron chi connectivity index (χ3n) is 3.79. The Balaban J connectivity index is 2.43. The number of ether oxygens (including phenoxy) is 3. The van der Waals surface area contributed by atoms with E-state index in [0.29, 0.717) is 22.7 Å². The SMILES string of the molecule is CCOC(=O)/C(C=Nc1ccc(OC)c(OC)c1)=C(\O)c1ccc(C)cc1. The highest BCUT2D eigenvalue weighted by Gasteiger charge is 2.16. The van der Waals surface area contributed by atoms with Gasteiger partial charge in [0.05, 0.1) is 26.5 Å². The number of benzene rings is 2. The Kier molecular flexibility index (Phi) is 7.00. The number of hydrogen-bond acceptors (Lipinski definition) is 6. The first-order chi connectivity index (χ1) is 13.0. The summed E-state index contributed by atoms with van der Waals surface area (Å²) in [4.78, 5) is 16.6. The van der Waals surface area contributed by atoms with E-state index >= 15 is 0 Å². The van der Waals surface area contributed by atoms with Crippen molar-refractivity contribution >= 4 is 23.6 Å². The molecule has 0 aromatic heterocycles. The topological polar surface area (TPSA) is 77.4 Å². The summed E-state index contributed by atoms with van der Waals surface area (Å²) in [6.07, 6.45) is 1.29. The molecule has 0 unspecified atom stereocenters. The van der Waals surface area contributed by atoms with Crippen molar-refractivity contribution in [1.82, 2.24) is 0 Å². The normalized spacial score (nSPS) is 11.9. The zero-order valence-corrected chi connectivity index (χ0v) is 15.9. The molecule has 2 aromatic rings. The number of hydrogen-bond donors (Lipinski definition) is 1. The average molecular weight is 369 g/mol. The molecule has 0 aliphatic rings. The van der Waals surface area contributed by atoms with Gasteiger partial charge in [-0.3, -0.25) is 4.99 Å². The van der Waals surface area contributed by atoms with Crippen molar-refractivity contribution in [3.05, 3.63) is 59.2 Å². The standard InChI is InChI=1S/C21H23NO5/c1-5-27-21(24)17(20(23)15-8-6-14(2)7-9-15)13-22-16-10-11-18(25-3)19(12-16)26-4/h6-13,23H,5H2,1-4H3/b20-17-,22-13?. The number of aliphatic imine (C=N–C) groups is 1. The highest BCUT2D eigenvalue weighted by molar-refractivity contribution is 6.15. The van der Waals surface area contributed by atoms with Crippen molar-refractivity contribution in [2.24, 2.45) is 4.99 Å². The van der Waals surface area contributed by atoms with Crippen LogP contribution in [0.4, 0.5) is 5.69 Å². The molecule has 2 rings (SSSR count). The summed E-state index contributed by atoms with van der Waals surface area (Å²) >= 11 is 0. The van der Waals surface area contributed by atoms with Crippen LogP contribution in [-0.4, -0.2) is 38.1 Å². The zero-order valence-electron chi connectivity index (χ0n) is 15.9. The minimum atomic E-state index is -0.653. The Hall–Kier alpha value is -3.28. The molecule has 0 aliphatic carbocycles. The highest BCUT2D eigenvalue weighted by Crippen LogP contribution is 2.31. The molecular formula is C21H23NO5. The minimum absolute atomic E-state index is 0.0320. The molecule has 0 heterocycles. The summed E-state index contributed by atoms with van der Waals surface area (Å²) in [5.41, 5.74) is 2.05. The van der Waals surface area contributed by atoms with E-state index < -0.39 is 5.97 Å². The van der Waals surface area contributed by atoms with Gasteiger partial charge < -0.3 is 19.3 Å². The predicted octanol–water partition coefficient (Wildman–Crippen LogP) is 4.25. The summed E-state index contributed by atoms with van der Waals surface area (Å²) < 4.78 is 15.5. The third-order valence-corrected chi connectivity index (χ3v) is 3.79. The lowest BCUT2D eigenvalue weighted by Crippen LogP contribution is -2.11. The first-order valence-electron chi connectivity index (χ1n) is 8.43. The third kappa shape index (κ3) is 5.10. The molecule has 1 N–H and O–H groups in total. The number of nitrogens with zero attached hydrogens (tertiary/aromatic N) is 1. The number of rotatable bonds is 7. The maximum atomic E-state index is 12.3. The van der Waals surface area contributed by atoms with Crippen LogP contribution < -0.4 is 9.47 Å². The van der Waals surface area contributed by atoms with E-state index in [9.17, 15) is 9.90 Å². The number of carbonyl (C=O) groups is 1. The maximum Gasteiger partial charge on any atom is 0.343 e. The van der Waals surface area contributed by atoms with Gasteiger partial charge in [-0.05, 0) is 26.0 Å². The minimum Gasteiger partial charge on any atom is -0.506 e. The molecule has 0 atom stereocenters. The number of carbonyl (C=O) groups excluding carboxylic acids is 1. The summed E-state index contributed by atoms with van der Waals surface area (Å²) in [5.74, 6) is 0.231. The van der Waals surface area contributed by atoms with Crippen molar-refractivity contribution in [2.45, 2.75) is 13.8 Å². The molecule has 0 aliphatic heterocycles. The van der Waals surface area contributed by atoms with Crippen molar-refractivity contribution in [2.75, 3.05) is 20.8 Å². The Morgan fingerprint density at radius 1 is 1.07 bits per heavy atom. The van der Waals surface area contributed by atoms with E-state index in [-0.39, 0.29) is 17.9 Å². The highest BCUT2D eigenvalue weighted by atomic mass is 16.5. The lowest BCUT2D eigenvalue weighted by Gasteiger charge is -2.09. The summed E-state index contributed by atoms with van der Waals surface area (Å²) in [6.45, 7) is 3.83. The first-order valence-corrected chi connectivity index (χ1v) is 8.43. The fraction of sp³-hybridized carbons (Fsp3) is 0.238. The quantitative estimate of drug-likeness (QED) is 0.342. The Morgan fingerprint density at radius 3 is 2.33 bits per heavy atom. The largest absolute Gasteiger partial charge is 0.506 e. The fourth-order valence-corrected chi connectivity index (χ4v) is 2.33. The predicted molar refractivity (Wildman–Crippen MR) is 105 cm³/mol.